The number of nitro groups is 1. The summed E-state index contributed by atoms with van der Waals surface area (Å²) in [6.07, 6.45) is 5.48. The first-order valence-corrected chi connectivity index (χ1v) is 15.3. The van der Waals surface area contributed by atoms with E-state index in [0.717, 1.165) is 25.7 Å². The summed E-state index contributed by atoms with van der Waals surface area (Å²) >= 11 is 0. The van der Waals surface area contributed by atoms with Gasteiger partial charge in [-0.25, -0.2) is 10.1 Å². The van der Waals surface area contributed by atoms with Crippen molar-refractivity contribution in [2.75, 3.05) is 6.54 Å². The van der Waals surface area contributed by atoms with E-state index in [2.05, 4.69) is 64.4 Å². The molecule has 0 radical (unpaired) electrons. The monoisotopic (exact) mass is 578 g/mol. The first kappa shape index (κ1) is 33.1. The van der Waals surface area contributed by atoms with Gasteiger partial charge in [0.1, 0.15) is 6.04 Å². The van der Waals surface area contributed by atoms with Crippen LogP contribution in [0.15, 0.2) is 0 Å². The van der Waals surface area contributed by atoms with E-state index < -0.39 is 24.2 Å². The van der Waals surface area contributed by atoms with Gasteiger partial charge in [0.2, 0.25) is 11.8 Å². The molecule has 1 saturated heterocycles. The fourth-order valence-corrected chi connectivity index (χ4v) is 6.96. The Bertz CT molecular complexity index is 964. The number of amides is 2. The van der Waals surface area contributed by atoms with Crippen LogP contribution in [0.1, 0.15) is 99.8 Å². The molecule has 3 saturated carbocycles. The molecule has 12 nitrogen and oxygen atoms in total. The molecular weight excluding hydrogens is 527 g/mol. The highest BCUT2D eigenvalue weighted by molar-refractivity contribution is 6.48. The van der Waals surface area contributed by atoms with Crippen molar-refractivity contribution in [3.8, 4) is 0 Å². The number of guanidine groups is 1. The molecule has 1 aliphatic heterocycles. The van der Waals surface area contributed by atoms with E-state index >= 15 is 0 Å². The Morgan fingerprint density at radius 2 is 1.78 bits per heavy atom. The largest absolute Gasteiger partial charge is 0.481 e. The van der Waals surface area contributed by atoms with Gasteiger partial charge in [-0.1, -0.05) is 53.4 Å². The number of carbonyl (C=O) groups is 2. The van der Waals surface area contributed by atoms with E-state index in [9.17, 15) is 19.7 Å². The molecule has 1 heterocycles. The van der Waals surface area contributed by atoms with E-state index in [1.54, 1.807) is 5.43 Å². The van der Waals surface area contributed by atoms with Gasteiger partial charge in [0.05, 0.1) is 17.6 Å². The lowest BCUT2D eigenvalue weighted by atomic mass is 9.43. The Kier molecular flexibility index (Phi) is 11.1. The molecule has 4 rings (SSSR count). The predicted octanol–water partition coefficient (Wildman–Crippen LogP) is 3.18. The van der Waals surface area contributed by atoms with Crippen LogP contribution in [0.2, 0.25) is 0 Å². The first-order valence-electron chi connectivity index (χ1n) is 15.3. The quantitative estimate of drug-likeness (QED) is 0.0493. The third-order valence-electron chi connectivity index (χ3n) is 9.36. The Morgan fingerprint density at radius 1 is 1.07 bits per heavy atom. The SMILES string of the molecule is CC(C)CCCC(=O)N[C@@H](CCCNC(=N)N[N+](=O)[O-])C(=O)N[C@@H](CC(C)C)B1O[C@@H]2C[C@@H]3C[C@@H](C3(C)C)[C@]2(C)O1. The van der Waals surface area contributed by atoms with Crippen LogP contribution in [0.5, 0.6) is 0 Å². The molecule has 3 aliphatic carbocycles. The van der Waals surface area contributed by atoms with Crippen molar-refractivity contribution in [2.24, 2.45) is 29.1 Å². The minimum atomic E-state index is -0.814. The van der Waals surface area contributed by atoms with Crippen molar-refractivity contribution in [2.45, 2.75) is 124 Å². The zero-order valence-electron chi connectivity index (χ0n) is 25.9. The average Bonchev–Trinajstić information content (AvgIpc) is 3.21. The highest BCUT2D eigenvalue weighted by atomic mass is 16.7. The van der Waals surface area contributed by atoms with E-state index in [0.29, 0.717) is 43.4 Å². The number of nitrogens with zero attached hydrogens (tertiary/aromatic N) is 1. The molecule has 2 amide bonds. The lowest BCUT2D eigenvalue weighted by Gasteiger charge is -2.64. The lowest BCUT2D eigenvalue weighted by molar-refractivity contribution is -0.525. The van der Waals surface area contributed by atoms with Crippen molar-refractivity contribution >= 4 is 24.9 Å². The highest BCUT2D eigenvalue weighted by Gasteiger charge is 2.68. The van der Waals surface area contributed by atoms with Crippen molar-refractivity contribution in [3.05, 3.63) is 10.1 Å². The first-order chi connectivity index (χ1) is 19.1. The Hall–Kier alpha value is -2.41. The third-order valence-corrected chi connectivity index (χ3v) is 9.36. The molecule has 5 N–H and O–H groups in total. The minimum absolute atomic E-state index is 0.00136. The van der Waals surface area contributed by atoms with Gasteiger partial charge in [-0.05, 0) is 74.5 Å². The van der Waals surface area contributed by atoms with Crippen LogP contribution in [-0.4, -0.2) is 60.2 Å². The minimum Gasteiger partial charge on any atom is -0.404 e. The molecular formula is C28H51BN6O6. The number of hydrogen-bond donors (Lipinski definition) is 5. The maximum atomic E-state index is 13.7. The van der Waals surface area contributed by atoms with Gasteiger partial charge in [0.25, 0.3) is 5.96 Å². The molecule has 2 bridgehead atoms. The van der Waals surface area contributed by atoms with Gasteiger partial charge in [-0.3, -0.25) is 15.0 Å². The fraction of sp³-hybridized carbons (Fsp3) is 0.893. The van der Waals surface area contributed by atoms with Crippen molar-refractivity contribution in [1.82, 2.24) is 21.4 Å². The van der Waals surface area contributed by atoms with E-state index in [-0.39, 0.29) is 47.3 Å². The summed E-state index contributed by atoms with van der Waals surface area (Å²) in [7, 11) is -0.566. The van der Waals surface area contributed by atoms with Gasteiger partial charge in [-0.15, -0.1) is 0 Å². The number of carbonyl (C=O) groups excluding carboxylic acids is 2. The van der Waals surface area contributed by atoms with Gasteiger partial charge in [0.15, 0.2) is 5.03 Å². The average molecular weight is 579 g/mol. The van der Waals surface area contributed by atoms with E-state index in [1.165, 1.54) is 0 Å². The summed E-state index contributed by atoms with van der Waals surface area (Å²) in [5.41, 5.74) is 1.57. The molecule has 13 heteroatoms. The summed E-state index contributed by atoms with van der Waals surface area (Å²) in [6.45, 7) is 15.4. The van der Waals surface area contributed by atoms with Crippen LogP contribution < -0.4 is 21.4 Å². The Morgan fingerprint density at radius 3 is 2.39 bits per heavy atom. The molecule has 4 aliphatic rings. The maximum Gasteiger partial charge on any atom is 0.481 e. The Balaban J connectivity index is 1.65. The topological polar surface area (TPSA) is 168 Å². The summed E-state index contributed by atoms with van der Waals surface area (Å²) in [5.74, 6) is 0.505. The van der Waals surface area contributed by atoms with E-state index in [1.807, 2.05) is 0 Å². The second kappa shape index (κ2) is 13.7. The molecule has 0 unspecified atom stereocenters. The number of hydrogen-bond acceptors (Lipinski definition) is 7. The summed E-state index contributed by atoms with van der Waals surface area (Å²) in [6, 6.07) is -0.790. The molecule has 0 aromatic heterocycles. The molecule has 0 aromatic rings. The third kappa shape index (κ3) is 8.34. The second-order valence-electron chi connectivity index (χ2n) is 13.8. The van der Waals surface area contributed by atoms with Crippen molar-refractivity contribution in [1.29, 1.82) is 5.41 Å². The smallest absolute Gasteiger partial charge is 0.404 e. The summed E-state index contributed by atoms with van der Waals surface area (Å²) < 4.78 is 13.2. The summed E-state index contributed by atoms with van der Waals surface area (Å²) in [5, 5.41) is 25.9. The highest BCUT2D eigenvalue weighted by Crippen LogP contribution is 2.65. The molecule has 232 valence electrons. The maximum absolute atomic E-state index is 13.7. The van der Waals surface area contributed by atoms with Gasteiger partial charge in [0, 0.05) is 13.0 Å². The van der Waals surface area contributed by atoms with Gasteiger partial charge < -0.3 is 25.3 Å². The molecule has 41 heavy (non-hydrogen) atoms. The number of hydrazine groups is 1. The standard InChI is InChI=1S/C28H51BN6O6/c1-17(2)10-8-12-24(36)32-20(11-9-13-31-26(30)34-35(38)39)25(37)33-23(14-18(3)4)29-40-22-16-19-15-21(27(19,5)6)28(22,7)41-29/h17-23H,8-16H2,1-7H3,(H,32,36)(H,33,37)(H3,30,31,34)/t19-,20-,21-,22+,23-,28-/m0/s1. The second-order valence-corrected chi connectivity index (χ2v) is 13.8. The summed E-state index contributed by atoms with van der Waals surface area (Å²) in [4.78, 5) is 36.9. The van der Waals surface area contributed by atoms with E-state index in [4.69, 9.17) is 14.7 Å². The zero-order valence-corrected chi connectivity index (χ0v) is 25.9. The van der Waals surface area contributed by atoms with Gasteiger partial charge in [-0.2, -0.15) is 0 Å². The van der Waals surface area contributed by atoms with Gasteiger partial charge >= 0.3 is 7.12 Å². The van der Waals surface area contributed by atoms with Crippen LogP contribution >= 0.6 is 0 Å². The Labute approximate surface area is 245 Å². The lowest BCUT2D eigenvalue weighted by Crippen LogP contribution is -2.65. The molecule has 0 aromatic carbocycles. The molecule has 0 spiro atoms. The van der Waals surface area contributed by atoms with Crippen molar-refractivity contribution in [3.63, 3.8) is 0 Å². The van der Waals surface area contributed by atoms with Crippen LogP contribution in [0.4, 0.5) is 0 Å². The van der Waals surface area contributed by atoms with Crippen LogP contribution in [0.3, 0.4) is 0 Å². The van der Waals surface area contributed by atoms with Crippen LogP contribution in [0, 0.1) is 44.6 Å². The van der Waals surface area contributed by atoms with Crippen molar-refractivity contribution < 1.29 is 23.9 Å². The molecule has 4 fully saturated rings. The fourth-order valence-electron chi connectivity index (χ4n) is 6.96. The predicted molar refractivity (Wildman–Crippen MR) is 157 cm³/mol. The van der Waals surface area contributed by atoms with Crippen LogP contribution in [-0.2, 0) is 18.9 Å². The number of nitrogens with one attached hydrogen (secondary N) is 5. The number of rotatable bonds is 15. The normalized spacial score (nSPS) is 27.4. The van der Waals surface area contributed by atoms with Crippen LogP contribution in [0.25, 0.3) is 0 Å². The molecule has 6 atom stereocenters. The zero-order chi connectivity index (χ0) is 30.5.